The molecule has 0 aliphatic rings. The Balaban J connectivity index is 2.74. The average Bonchev–Trinajstić information content (AvgIpc) is 1.81. The van der Waals surface area contributed by atoms with Crippen molar-refractivity contribution in [2.75, 3.05) is 13.2 Å². The summed E-state index contributed by atoms with van der Waals surface area (Å²) < 4.78 is 0. The van der Waals surface area contributed by atoms with Crippen LogP contribution in [0.3, 0.4) is 0 Å². The largest absolute Gasteiger partial charge is 0.297 e. The van der Waals surface area contributed by atoms with Crippen molar-refractivity contribution in [1.29, 1.82) is 0 Å². The summed E-state index contributed by atoms with van der Waals surface area (Å²) >= 11 is 0. The second-order valence-corrected chi connectivity index (χ2v) is 1.12. The Kier molecular flexibility index (Phi) is 5.61. The maximum absolute atomic E-state index is 4.89. The van der Waals surface area contributed by atoms with Crippen LogP contribution < -0.4 is 5.48 Å². The summed E-state index contributed by atoms with van der Waals surface area (Å²) in [6.07, 6.45) is 6.53. The normalized spacial score (nSPS) is 7.88. The highest BCUT2D eigenvalue weighted by atomic mass is 16.6. The van der Waals surface area contributed by atoms with Crippen molar-refractivity contribution in [2.45, 2.75) is 0 Å². The first-order valence-corrected chi connectivity index (χ1v) is 2.31. The van der Waals surface area contributed by atoms with Crippen LogP contribution >= 0.6 is 0 Å². The second-order valence-electron chi connectivity index (χ2n) is 1.12. The van der Waals surface area contributed by atoms with E-state index in [0.717, 1.165) is 0 Å². The Morgan fingerprint density at radius 1 is 1.88 bits per heavy atom. The third-order valence-electron chi connectivity index (χ3n) is 0.477. The minimum Gasteiger partial charge on any atom is -0.297 e. The van der Waals surface area contributed by atoms with Gasteiger partial charge in [0.25, 0.3) is 0 Å². The number of hydroxylamine groups is 1. The molecule has 0 saturated carbocycles. The molecule has 0 bridgehead atoms. The van der Waals surface area contributed by atoms with Gasteiger partial charge < -0.3 is 0 Å². The van der Waals surface area contributed by atoms with E-state index in [-0.39, 0.29) is 0 Å². The number of rotatable bonds is 4. The fourth-order valence-corrected chi connectivity index (χ4v) is 0.211. The average molecular weight is 111 g/mol. The molecule has 2 nitrogen and oxygen atoms in total. The molecule has 8 heavy (non-hydrogen) atoms. The Morgan fingerprint density at radius 3 is 3.12 bits per heavy atom. The first-order chi connectivity index (χ1) is 3.91. The van der Waals surface area contributed by atoms with E-state index >= 15 is 0 Å². The van der Waals surface area contributed by atoms with E-state index in [9.17, 15) is 0 Å². The topological polar surface area (TPSA) is 21.3 Å². The van der Waals surface area contributed by atoms with Gasteiger partial charge in [-0.3, -0.25) is 4.84 Å². The van der Waals surface area contributed by atoms with Gasteiger partial charge in [-0.1, -0.05) is 12.0 Å². The molecule has 0 aromatic heterocycles. The van der Waals surface area contributed by atoms with Crippen molar-refractivity contribution < 1.29 is 4.84 Å². The molecule has 0 aliphatic carbocycles. The number of hydrogen-bond acceptors (Lipinski definition) is 2. The van der Waals surface area contributed by atoms with Crippen molar-refractivity contribution in [1.82, 2.24) is 5.48 Å². The van der Waals surface area contributed by atoms with E-state index < -0.39 is 0 Å². The molecule has 0 aromatic carbocycles. The minimum absolute atomic E-state index is 0.438. The van der Waals surface area contributed by atoms with Gasteiger partial charge in [0.15, 0.2) is 0 Å². The molecule has 44 valence electrons. The number of hydrogen-bond donors (Lipinski definition) is 1. The molecule has 0 rings (SSSR count). The van der Waals surface area contributed by atoms with E-state index in [1.54, 1.807) is 6.08 Å². The van der Waals surface area contributed by atoms with Gasteiger partial charge in [-0.05, 0) is 0 Å². The highest BCUT2D eigenvalue weighted by Crippen LogP contribution is 1.64. The molecular formula is C6H9NO. The van der Waals surface area contributed by atoms with Gasteiger partial charge in [0.05, 0.1) is 13.2 Å². The monoisotopic (exact) mass is 111 g/mol. The van der Waals surface area contributed by atoms with Gasteiger partial charge in [0, 0.05) is 0 Å². The molecule has 0 saturated heterocycles. The lowest BCUT2D eigenvalue weighted by molar-refractivity contribution is 0.0723. The third kappa shape index (κ3) is 5.22. The lowest BCUT2D eigenvalue weighted by Gasteiger charge is -1.95. The van der Waals surface area contributed by atoms with E-state index in [2.05, 4.69) is 18.0 Å². The van der Waals surface area contributed by atoms with Crippen molar-refractivity contribution in [3.8, 4) is 12.3 Å². The standard InChI is InChI=1S/C6H9NO/c1-3-5-7-8-6-4-2/h1,4,7H,2,5-6H2. The van der Waals surface area contributed by atoms with Crippen LogP contribution in [0, 0.1) is 12.3 Å². The van der Waals surface area contributed by atoms with Gasteiger partial charge in [-0.15, -0.1) is 13.0 Å². The second kappa shape index (κ2) is 6.22. The summed E-state index contributed by atoms with van der Waals surface area (Å²) in [5.74, 6) is 2.36. The van der Waals surface area contributed by atoms with Crippen LogP contribution in [0.15, 0.2) is 12.7 Å². The first-order valence-electron chi connectivity index (χ1n) is 2.31. The Labute approximate surface area is 49.5 Å². The molecule has 0 fully saturated rings. The van der Waals surface area contributed by atoms with Crippen LogP contribution in [0.4, 0.5) is 0 Å². The zero-order valence-electron chi connectivity index (χ0n) is 4.68. The molecular weight excluding hydrogens is 102 g/mol. The van der Waals surface area contributed by atoms with Crippen molar-refractivity contribution in [3.05, 3.63) is 12.7 Å². The summed E-state index contributed by atoms with van der Waals surface area (Å²) in [6, 6.07) is 0. The maximum atomic E-state index is 4.89. The van der Waals surface area contributed by atoms with Crippen LogP contribution in [0.2, 0.25) is 0 Å². The van der Waals surface area contributed by atoms with E-state index in [0.29, 0.717) is 13.2 Å². The van der Waals surface area contributed by atoms with E-state index in [1.165, 1.54) is 0 Å². The van der Waals surface area contributed by atoms with E-state index in [1.807, 2.05) is 0 Å². The van der Waals surface area contributed by atoms with Gasteiger partial charge in [-0.25, -0.2) is 0 Å². The molecule has 0 atom stereocenters. The van der Waals surface area contributed by atoms with Gasteiger partial charge in [-0.2, -0.15) is 5.48 Å². The van der Waals surface area contributed by atoms with Gasteiger partial charge in [0.1, 0.15) is 0 Å². The minimum atomic E-state index is 0.438. The fraction of sp³-hybridized carbons (Fsp3) is 0.333. The molecule has 0 radical (unpaired) electrons. The summed E-state index contributed by atoms with van der Waals surface area (Å²) in [4.78, 5) is 4.71. The molecule has 0 unspecified atom stereocenters. The van der Waals surface area contributed by atoms with Crippen molar-refractivity contribution >= 4 is 0 Å². The summed E-state index contributed by atoms with van der Waals surface area (Å²) in [6.45, 7) is 4.37. The Morgan fingerprint density at radius 2 is 2.62 bits per heavy atom. The zero-order chi connectivity index (χ0) is 6.24. The van der Waals surface area contributed by atoms with Crippen molar-refractivity contribution in [2.24, 2.45) is 0 Å². The lowest BCUT2D eigenvalue weighted by Crippen LogP contribution is -2.14. The number of terminal acetylenes is 1. The predicted molar refractivity (Wildman–Crippen MR) is 33.0 cm³/mol. The first kappa shape index (κ1) is 7.22. The summed E-state index contributed by atoms with van der Waals surface area (Å²) in [5, 5.41) is 0. The van der Waals surface area contributed by atoms with E-state index in [4.69, 9.17) is 11.3 Å². The SMILES string of the molecule is C#CCNOCC=C. The van der Waals surface area contributed by atoms with Crippen LogP contribution in [-0.2, 0) is 4.84 Å². The Bertz CT molecular complexity index is 93.2. The maximum Gasteiger partial charge on any atom is 0.0861 e. The zero-order valence-corrected chi connectivity index (χ0v) is 4.68. The molecule has 2 heteroatoms. The molecule has 0 amide bonds. The fourth-order valence-electron chi connectivity index (χ4n) is 0.211. The molecule has 0 aliphatic heterocycles. The molecule has 0 heterocycles. The third-order valence-corrected chi connectivity index (χ3v) is 0.477. The quantitative estimate of drug-likeness (QED) is 0.244. The Hall–Kier alpha value is -0.780. The number of nitrogens with one attached hydrogen (secondary N) is 1. The van der Waals surface area contributed by atoms with Crippen LogP contribution in [0.5, 0.6) is 0 Å². The highest BCUT2D eigenvalue weighted by molar-refractivity contribution is 4.84. The summed E-state index contributed by atoms with van der Waals surface area (Å²) in [5.41, 5.74) is 2.53. The summed E-state index contributed by atoms with van der Waals surface area (Å²) in [7, 11) is 0. The van der Waals surface area contributed by atoms with Gasteiger partial charge >= 0.3 is 0 Å². The smallest absolute Gasteiger partial charge is 0.0861 e. The highest BCUT2D eigenvalue weighted by Gasteiger charge is 1.74. The molecule has 1 N–H and O–H groups in total. The molecule has 0 spiro atoms. The predicted octanol–water partition coefficient (Wildman–Crippen LogP) is 0.327. The lowest BCUT2D eigenvalue weighted by atomic mass is 10.7. The molecule has 0 aromatic rings. The van der Waals surface area contributed by atoms with Crippen LogP contribution in [0.1, 0.15) is 0 Å². The van der Waals surface area contributed by atoms with Gasteiger partial charge in [0.2, 0.25) is 0 Å². The van der Waals surface area contributed by atoms with Crippen LogP contribution in [0.25, 0.3) is 0 Å². The van der Waals surface area contributed by atoms with Crippen molar-refractivity contribution in [3.63, 3.8) is 0 Å². The van der Waals surface area contributed by atoms with Crippen LogP contribution in [-0.4, -0.2) is 13.2 Å².